The predicted molar refractivity (Wildman–Crippen MR) is 89.7 cm³/mol. The first-order valence-electron chi connectivity index (χ1n) is 7.46. The molecule has 0 aliphatic heterocycles. The van der Waals surface area contributed by atoms with Gasteiger partial charge in [0.25, 0.3) is 5.91 Å². The minimum Gasteiger partial charge on any atom is -0.484 e. The Labute approximate surface area is 155 Å². The van der Waals surface area contributed by atoms with Crippen LogP contribution in [0.25, 0.3) is 5.69 Å². The lowest BCUT2D eigenvalue weighted by atomic mass is 10.2. The second-order valence-electron chi connectivity index (χ2n) is 5.28. The molecule has 27 heavy (non-hydrogen) atoms. The number of carbonyl (C=O) groups is 1. The van der Waals surface area contributed by atoms with Gasteiger partial charge in [-0.1, -0.05) is 17.7 Å². The Morgan fingerprint density at radius 2 is 2.04 bits per heavy atom. The Morgan fingerprint density at radius 1 is 1.22 bits per heavy atom. The minimum atomic E-state index is -4.54. The van der Waals surface area contributed by atoms with Crippen LogP contribution in [-0.4, -0.2) is 32.7 Å². The first-order valence-corrected chi connectivity index (χ1v) is 7.83. The average molecular weight is 398 g/mol. The van der Waals surface area contributed by atoms with Crippen molar-refractivity contribution in [3.05, 3.63) is 59.4 Å². The molecule has 0 saturated carbocycles. The van der Waals surface area contributed by atoms with E-state index in [1.54, 1.807) is 24.3 Å². The van der Waals surface area contributed by atoms with Gasteiger partial charge in [-0.25, -0.2) is 4.68 Å². The van der Waals surface area contributed by atoms with Crippen LogP contribution in [0.1, 0.15) is 5.56 Å². The zero-order valence-corrected chi connectivity index (χ0v) is 14.2. The summed E-state index contributed by atoms with van der Waals surface area (Å²) in [5.74, 6) is -0.308. The number of rotatable bonds is 5. The van der Waals surface area contributed by atoms with Crippen LogP contribution in [0.15, 0.2) is 48.8 Å². The van der Waals surface area contributed by atoms with Gasteiger partial charge in [-0.3, -0.25) is 4.79 Å². The fraction of sp³-hybridized carbons (Fsp3) is 0.125. The average Bonchev–Trinajstić information content (AvgIpc) is 3.16. The van der Waals surface area contributed by atoms with Crippen molar-refractivity contribution in [1.82, 2.24) is 20.2 Å². The molecule has 0 spiro atoms. The van der Waals surface area contributed by atoms with E-state index in [0.717, 1.165) is 18.2 Å². The summed E-state index contributed by atoms with van der Waals surface area (Å²) in [5.41, 5.74) is -0.460. The van der Waals surface area contributed by atoms with Crippen molar-refractivity contribution in [2.75, 3.05) is 11.9 Å². The molecular weight excluding hydrogens is 387 g/mol. The molecule has 0 saturated heterocycles. The molecule has 1 N–H and O–H groups in total. The lowest BCUT2D eigenvalue weighted by Gasteiger charge is -2.12. The Balaban J connectivity index is 1.65. The van der Waals surface area contributed by atoms with Gasteiger partial charge in [-0.2, -0.15) is 13.2 Å². The summed E-state index contributed by atoms with van der Waals surface area (Å²) < 4.78 is 45.0. The van der Waals surface area contributed by atoms with E-state index in [1.165, 1.54) is 11.0 Å². The van der Waals surface area contributed by atoms with Crippen molar-refractivity contribution in [2.45, 2.75) is 6.18 Å². The summed E-state index contributed by atoms with van der Waals surface area (Å²) in [7, 11) is 0. The monoisotopic (exact) mass is 397 g/mol. The van der Waals surface area contributed by atoms with Gasteiger partial charge >= 0.3 is 6.18 Å². The Hall–Kier alpha value is -3.14. The zero-order valence-electron chi connectivity index (χ0n) is 13.4. The highest BCUT2D eigenvalue weighted by atomic mass is 35.5. The number of carbonyl (C=O) groups excluding carboxylic acids is 1. The van der Waals surface area contributed by atoms with Crippen molar-refractivity contribution in [1.29, 1.82) is 0 Å². The van der Waals surface area contributed by atoms with Crippen LogP contribution in [0.5, 0.6) is 5.75 Å². The fourth-order valence-corrected chi connectivity index (χ4v) is 2.29. The number of aromatic nitrogens is 4. The number of benzene rings is 2. The van der Waals surface area contributed by atoms with E-state index in [-0.39, 0.29) is 10.7 Å². The van der Waals surface area contributed by atoms with Gasteiger partial charge < -0.3 is 10.1 Å². The zero-order chi connectivity index (χ0) is 19.4. The maximum absolute atomic E-state index is 12.8. The third kappa shape index (κ3) is 4.73. The topological polar surface area (TPSA) is 81.9 Å². The quantitative estimate of drug-likeness (QED) is 0.714. The van der Waals surface area contributed by atoms with Gasteiger partial charge in [0.15, 0.2) is 6.61 Å². The van der Waals surface area contributed by atoms with Gasteiger partial charge in [0.1, 0.15) is 12.1 Å². The minimum absolute atomic E-state index is 0.0166. The van der Waals surface area contributed by atoms with Crippen molar-refractivity contribution in [3.63, 3.8) is 0 Å². The summed E-state index contributed by atoms with van der Waals surface area (Å²) in [6.07, 6.45) is -3.15. The second kappa shape index (κ2) is 7.62. The highest BCUT2D eigenvalue weighted by Crippen LogP contribution is 2.33. The maximum atomic E-state index is 12.8. The smallest absolute Gasteiger partial charge is 0.416 e. The first-order chi connectivity index (χ1) is 12.8. The largest absolute Gasteiger partial charge is 0.484 e. The number of alkyl halides is 3. The molecule has 0 aliphatic carbocycles. The molecule has 0 atom stereocenters. The van der Waals surface area contributed by atoms with Crippen molar-refractivity contribution in [2.24, 2.45) is 0 Å². The number of anilines is 1. The van der Waals surface area contributed by atoms with Crippen LogP contribution in [0.4, 0.5) is 18.9 Å². The molecule has 0 bridgehead atoms. The summed E-state index contributed by atoms with van der Waals surface area (Å²) in [6, 6.07) is 9.27. The van der Waals surface area contributed by atoms with Gasteiger partial charge in [0.2, 0.25) is 0 Å². The van der Waals surface area contributed by atoms with Crippen molar-refractivity contribution >= 4 is 23.2 Å². The van der Waals surface area contributed by atoms with Crippen LogP contribution in [0.3, 0.4) is 0 Å². The van der Waals surface area contributed by atoms with Gasteiger partial charge in [0.05, 0.1) is 22.0 Å². The molecule has 0 aliphatic rings. The molecular formula is C16H11ClF3N5O2. The van der Waals surface area contributed by atoms with Crippen LogP contribution in [0, 0.1) is 0 Å². The number of tetrazole rings is 1. The molecule has 1 amide bonds. The molecule has 0 radical (unpaired) electrons. The predicted octanol–water partition coefficient (Wildman–Crippen LogP) is 3.35. The summed E-state index contributed by atoms with van der Waals surface area (Å²) in [6.45, 7) is -0.425. The van der Waals surface area contributed by atoms with Crippen LogP contribution >= 0.6 is 11.6 Å². The molecule has 3 rings (SSSR count). The highest BCUT2D eigenvalue weighted by Gasteiger charge is 2.31. The third-order valence-electron chi connectivity index (χ3n) is 3.37. The third-order valence-corrected chi connectivity index (χ3v) is 3.70. The molecule has 140 valence electrons. The Morgan fingerprint density at radius 3 is 2.74 bits per heavy atom. The Kier molecular flexibility index (Phi) is 5.26. The molecule has 7 nitrogen and oxygen atoms in total. The van der Waals surface area contributed by atoms with E-state index in [2.05, 4.69) is 20.8 Å². The molecule has 1 aromatic heterocycles. The number of ether oxygens (including phenoxy) is 1. The number of amides is 1. The molecule has 0 unspecified atom stereocenters. The number of hydrogen-bond donors (Lipinski definition) is 1. The lowest BCUT2D eigenvalue weighted by molar-refractivity contribution is -0.137. The number of hydrogen-bond acceptors (Lipinski definition) is 5. The maximum Gasteiger partial charge on any atom is 0.416 e. The highest BCUT2D eigenvalue weighted by molar-refractivity contribution is 6.33. The lowest BCUT2D eigenvalue weighted by Crippen LogP contribution is -2.20. The van der Waals surface area contributed by atoms with E-state index in [9.17, 15) is 18.0 Å². The van der Waals surface area contributed by atoms with Crippen molar-refractivity contribution in [3.8, 4) is 11.4 Å². The summed E-state index contributed by atoms with van der Waals surface area (Å²) in [4.78, 5) is 12.0. The molecule has 0 fully saturated rings. The van der Waals surface area contributed by atoms with E-state index >= 15 is 0 Å². The fourth-order valence-electron chi connectivity index (χ4n) is 2.13. The summed E-state index contributed by atoms with van der Waals surface area (Å²) >= 11 is 5.84. The Bertz CT molecular complexity index is 947. The van der Waals surface area contributed by atoms with Gasteiger partial charge in [-0.05, 0) is 40.8 Å². The van der Waals surface area contributed by atoms with E-state index in [0.29, 0.717) is 11.4 Å². The number of nitrogens with zero attached hydrogens (tertiary/aromatic N) is 4. The number of nitrogens with one attached hydrogen (secondary N) is 1. The van der Waals surface area contributed by atoms with E-state index < -0.39 is 24.3 Å². The van der Waals surface area contributed by atoms with E-state index in [1.807, 2.05) is 0 Å². The van der Waals surface area contributed by atoms with Crippen LogP contribution in [-0.2, 0) is 11.0 Å². The second-order valence-corrected chi connectivity index (χ2v) is 5.69. The summed E-state index contributed by atoms with van der Waals surface area (Å²) in [5, 5.41) is 13.0. The van der Waals surface area contributed by atoms with Gasteiger partial charge in [0, 0.05) is 6.07 Å². The SMILES string of the molecule is O=C(COc1cccc(-n2cnnn2)c1)Nc1cc(C(F)(F)F)ccc1Cl. The van der Waals surface area contributed by atoms with Crippen LogP contribution < -0.4 is 10.1 Å². The standard InChI is InChI=1S/C16H11ClF3N5O2/c17-13-5-4-10(16(18,19)20)6-14(13)22-15(26)8-27-12-3-1-2-11(7-12)25-9-21-23-24-25/h1-7,9H,8H2,(H,22,26). The van der Waals surface area contributed by atoms with Gasteiger partial charge in [-0.15, -0.1) is 5.10 Å². The number of halogens is 4. The first kappa shape index (κ1) is 18.6. The molecule has 1 heterocycles. The van der Waals surface area contributed by atoms with Crippen molar-refractivity contribution < 1.29 is 22.7 Å². The van der Waals surface area contributed by atoms with E-state index in [4.69, 9.17) is 16.3 Å². The molecule has 3 aromatic rings. The molecule has 11 heteroatoms. The molecule has 2 aromatic carbocycles. The normalized spacial score (nSPS) is 11.3. The van der Waals surface area contributed by atoms with Crippen LogP contribution in [0.2, 0.25) is 5.02 Å².